The number of hydrogen-bond acceptors (Lipinski definition) is 3. The van der Waals surface area contributed by atoms with Crippen LogP contribution in [0, 0.1) is 0 Å². The van der Waals surface area contributed by atoms with Gasteiger partial charge in [0.15, 0.2) is 5.69 Å². The molecule has 0 atom stereocenters. The van der Waals surface area contributed by atoms with E-state index < -0.39 is 5.97 Å². The summed E-state index contributed by atoms with van der Waals surface area (Å²) in [6.07, 6.45) is 1.57. The number of nitrogens with one attached hydrogen (secondary N) is 2. The molecular weight excluding hydrogens is 170 g/mol. The summed E-state index contributed by atoms with van der Waals surface area (Å²) in [6.45, 7) is 1.71. The Morgan fingerprint density at radius 3 is 2.92 bits per heavy atom. The lowest BCUT2D eigenvalue weighted by atomic mass is 10.1. The van der Waals surface area contributed by atoms with Crippen LogP contribution in [0.2, 0.25) is 0 Å². The summed E-state index contributed by atoms with van der Waals surface area (Å²) in [7, 11) is 0. The molecule has 0 saturated carbocycles. The zero-order chi connectivity index (χ0) is 9.26. The number of carboxylic acid groups (broad SMARTS) is 1. The molecule has 70 valence electrons. The number of H-pyrrole nitrogens is 1. The number of hydrogen-bond donors (Lipinski definition) is 3. The van der Waals surface area contributed by atoms with Crippen molar-refractivity contribution in [2.75, 3.05) is 13.1 Å². The van der Waals surface area contributed by atoms with E-state index >= 15 is 0 Å². The Balaban J connectivity index is 2.39. The van der Waals surface area contributed by atoms with Gasteiger partial charge in [-0.1, -0.05) is 0 Å². The number of carboxylic acids is 1. The molecule has 0 amide bonds. The van der Waals surface area contributed by atoms with E-state index in [1.54, 1.807) is 0 Å². The molecule has 13 heavy (non-hydrogen) atoms. The van der Waals surface area contributed by atoms with Crippen molar-refractivity contribution >= 4 is 5.97 Å². The van der Waals surface area contributed by atoms with Gasteiger partial charge < -0.3 is 10.4 Å². The summed E-state index contributed by atoms with van der Waals surface area (Å²) in [4.78, 5) is 10.7. The van der Waals surface area contributed by atoms with Gasteiger partial charge in [-0.05, 0) is 13.0 Å². The highest BCUT2D eigenvalue weighted by Gasteiger charge is 2.19. The molecule has 0 unspecified atom stereocenters. The van der Waals surface area contributed by atoms with Crippen molar-refractivity contribution in [3.8, 4) is 0 Å². The van der Waals surface area contributed by atoms with Crippen molar-refractivity contribution in [1.29, 1.82) is 0 Å². The molecule has 2 heterocycles. The quantitative estimate of drug-likeness (QED) is 0.560. The largest absolute Gasteiger partial charge is 0.476 e. The summed E-state index contributed by atoms with van der Waals surface area (Å²) in [5, 5.41) is 18.6. The average Bonchev–Trinajstić information content (AvgIpc) is 2.36. The molecule has 2 rings (SSSR count). The number of aromatic amines is 1. The van der Waals surface area contributed by atoms with E-state index in [1.807, 2.05) is 0 Å². The molecule has 0 aromatic carbocycles. The Hall–Kier alpha value is -1.36. The third-order valence-electron chi connectivity index (χ3n) is 2.26. The van der Waals surface area contributed by atoms with Crippen LogP contribution in [0.3, 0.4) is 0 Å². The molecule has 1 aromatic heterocycles. The maximum Gasteiger partial charge on any atom is 0.356 e. The first-order valence-electron chi connectivity index (χ1n) is 4.29. The van der Waals surface area contributed by atoms with E-state index in [0.717, 1.165) is 37.2 Å². The van der Waals surface area contributed by atoms with Gasteiger partial charge in [-0.25, -0.2) is 4.79 Å². The Bertz CT molecular complexity index is 332. The zero-order valence-corrected chi connectivity index (χ0v) is 7.13. The molecule has 0 saturated heterocycles. The normalized spacial score (nSPS) is 16.3. The molecule has 0 bridgehead atoms. The predicted octanol–water partition coefficient (Wildman–Crippen LogP) is -0.204. The van der Waals surface area contributed by atoms with Gasteiger partial charge in [-0.3, -0.25) is 5.10 Å². The topological polar surface area (TPSA) is 78.0 Å². The number of aromatic carboxylic acids is 1. The third kappa shape index (κ3) is 1.42. The molecule has 1 aliphatic rings. The maximum atomic E-state index is 10.7. The van der Waals surface area contributed by atoms with Gasteiger partial charge in [0.2, 0.25) is 0 Å². The smallest absolute Gasteiger partial charge is 0.356 e. The minimum atomic E-state index is -0.945. The van der Waals surface area contributed by atoms with Crippen LogP contribution in [0.5, 0.6) is 0 Å². The van der Waals surface area contributed by atoms with E-state index in [0.29, 0.717) is 0 Å². The highest BCUT2D eigenvalue weighted by atomic mass is 16.4. The van der Waals surface area contributed by atoms with Crippen LogP contribution >= 0.6 is 0 Å². The molecule has 5 nitrogen and oxygen atoms in total. The van der Waals surface area contributed by atoms with Crippen molar-refractivity contribution in [2.24, 2.45) is 0 Å². The summed E-state index contributed by atoms with van der Waals surface area (Å²) in [6, 6.07) is 0. The fraction of sp³-hybridized carbons (Fsp3) is 0.500. The van der Waals surface area contributed by atoms with Gasteiger partial charge in [0, 0.05) is 24.2 Å². The number of nitrogens with zero attached hydrogens (tertiary/aromatic N) is 1. The van der Waals surface area contributed by atoms with Crippen LogP contribution < -0.4 is 5.32 Å². The van der Waals surface area contributed by atoms with Gasteiger partial charge in [-0.15, -0.1) is 0 Å². The summed E-state index contributed by atoms with van der Waals surface area (Å²) in [5.41, 5.74) is 2.00. The van der Waals surface area contributed by atoms with E-state index in [4.69, 9.17) is 5.11 Å². The van der Waals surface area contributed by atoms with Crippen LogP contribution in [0.4, 0.5) is 0 Å². The molecule has 3 N–H and O–H groups in total. The highest BCUT2D eigenvalue weighted by Crippen LogP contribution is 2.14. The first-order chi connectivity index (χ1) is 6.29. The first-order valence-corrected chi connectivity index (χ1v) is 4.29. The van der Waals surface area contributed by atoms with Gasteiger partial charge in [-0.2, -0.15) is 5.10 Å². The number of carbonyl (C=O) groups is 1. The number of fused-ring (bicyclic) bond motifs is 1. The van der Waals surface area contributed by atoms with Crippen molar-refractivity contribution < 1.29 is 9.90 Å². The van der Waals surface area contributed by atoms with Crippen molar-refractivity contribution in [1.82, 2.24) is 15.5 Å². The minimum Gasteiger partial charge on any atom is -0.476 e. The fourth-order valence-corrected chi connectivity index (χ4v) is 1.61. The monoisotopic (exact) mass is 181 g/mol. The second kappa shape index (κ2) is 3.18. The highest BCUT2D eigenvalue weighted by molar-refractivity contribution is 5.87. The Kier molecular flexibility index (Phi) is 2.02. The SMILES string of the molecule is O=C(O)c1n[nH]c2c1CCNCC2. The van der Waals surface area contributed by atoms with Crippen LogP contribution in [0.25, 0.3) is 0 Å². The molecule has 0 aliphatic carbocycles. The lowest BCUT2D eigenvalue weighted by Crippen LogP contribution is -2.17. The van der Waals surface area contributed by atoms with E-state index in [2.05, 4.69) is 15.5 Å². The lowest BCUT2D eigenvalue weighted by molar-refractivity contribution is 0.0689. The second-order valence-corrected chi connectivity index (χ2v) is 3.08. The van der Waals surface area contributed by atoms with Crippen LogP contribution in [0.1, 0.15) is 21.7 Å². The van der Waals surface area contributed by atoms with E-state index in [1.165, 1.54) is 0 Å². The zero-order valence-electron chi connectivity index (χ0n) is 7.13. The Morgan fingerprint density at radius 2 is 2.15 bits per heavy atom. The van der Waals surface area contributed by atoms with Gasteiger partial charge in [0.1, 0.15) is 0 Å². The minimum absolute atomic E-state index is 0.179. The Labute approximate surface area is 75.2 Å². The van der Waals surface area contributed by atoms with Crippen molar-refractivity contribution in [3.63, 3.8) is 0 Å². The predicted molar refractivity (Wildman–Crippen MR) is 45.8 cm³/mol. The molecular formula is C8H11N3O2. The van der Waals surface area contributed by atoms with Crippen molar-refractivity contribution in [2.45, 2.75) is 12.8 Å². The van der Waals surface area contributed by atoms with E-state index in [9.17, 15) is 4.79 Å². The Morgan fingerprint density at radius 1 is 1.38 bits per heavy atom. The van der Waals surface area contributed by atoms with Crippen LogP contribution in [-0.2, 0) is 12.8 Å². The molecule has 5 heteroatoms. The van der Waals surface area contributed by atoms with Crippen LogP contribution in [0.15, 0.2) is 0 Å². The fourth-order valence-electron chi connectivity index (χ4n) is 1.61. The maximum absolute atomic E-state index is 10.7. The van der Waals surface area contributed by atoms with Gasteiger partial charge in [0.25, 0.3) is 0 Å². The van der Waals surface area contributed by atoms with Crippen LogP contribution in [-0.4, -0.2) is 34.4 Å². The molecule has 0 fully saturated rings. The lowest BCUT2D eigenvalue weighted by Gasteiger charge is -1.96. The number of rotatable bonds is 1. The van der Waals surface area contributed by atoms with Gasteiger partial charge >= 0.3 is 5.97 Å². The summed E-state index contributed by atoms with van der Waals surface area (Å²) in [5.74, 6) is -0.945. The molecule has 1 aromatic rings. The summed E-state index contributed by atoms with van der Waals surface area (Å²) >= 11 is 0. The first kappa shape index (κ1) is 8.25. The average molecular weight is 181 g/mol. The van der Waals surface area contributed by atoms with Crippen molar-refractivity contribution in [3.05, 3.63) is 17.0 Å². The standard InChI is InChI=1S/C8H11N3O2/c12-8(13)7-5-1-3-9-4-2-6(5)10-11-7/h9H,1-4H2,(H,10,11)(H,12,13). The molecule has 0 radical (unpaired) electrons. The molecule has 0 spiro atoms. The number of aromatic nitrogens is 2. The summed E-state index contributed by atoms with van der Waals surface area (Å²) < 4.78 is 0. The van der Waals surface area contributed by atoms with E-state index in [-0.39, 0.29) is 5.69 Å². The molecule has 1 aliphatic heterocycles. The second-order valence-electron chi connectivity index (χ2n) is 3.08. The third-order valence-corrected chi connectivity index (χ3v) is 2.26. The van der Waals surface area contributed by atoms with Gasteiger partial charge in [0.05, 0.1) is 0 Å².